The summed E-state index contributed by atoms with van der Waals surface area (Å²) in [6.45, 7) is 5.14. The van der Waals surface area contributed by atoms with Crippen LogP contribution in [0.1, 0.15) is 26.7 Å². The van der Waals surface area contributed by atoms with Gasteiger partial charge in [0.1, 0.15) is 0 Å². The Balaban J connectivity index is 2.79. The first-order valence-electron chi connectivity index (χ1n) is 6.59. The molecule has 5 nitrogen and oxygen atoms in total. The fourth-order valence-corrected chi connectivity index (χ4v) is 3.99. The van der Waals surface area contributed by atoms with Gasteiger partial charge in [-0.25, -0.2) is 8.42 Å². The predicted octanol–water partition coefficient (Wildman–Crippen LogP) is 0.671. The zero-order valence-corrected chi connectivity index (χ0v) is 12.7. The number of rotatable bonds is 9. The highest BCUT2D eigenvalue weighted by Crippen LogP contribution is 2.36. The fourth-order valence-electron chi connectivity index (χ4n) is 2.18. The third kappa shape index (κ3) is 3.91. The molecule has 0 radical (unpaired) electrons. The van der Waals surface area contributed by atoms with E-state index in [1.165, 1.54) is 0 Å². The minimum atomic E-state index is -3.25. The molecule has 0 amide bonds. The van der Waals surface area contributed by atoms with Crippen LogP contribution in [0.15, 0.2) is 0 Å². The maximum atomic E-state index is 12.5. The summed E-state index contributed by atoms with van der Waals surface area (Å²) in [7, 11) is 0.126. The molecule has 0 spiro atoms. The van der Waals surface area contributed by atoms with E-state index in [1.54, 1.807) is 25.4 Å². The Kier molecular flexibility index (Phi) is 6.04. The lowest BCUT2D eigenvalue weighted by Gasteiger charge is -2.31. The van der Waals surface area contributed by atoms with Gasteiger partial charge in [-0.15, -0.1) is 0 Å². The molecule has 108 valence electrons. The maximum Gasteiger partial charge on any atom is 0.218 e. The van der Waals surface area contributed by atoms with Crippen LogP contribution >= 0.6 is 0 Å². The Labute approximate surface area is 111 Å². The first kappa shape index (κ1) is 15.9. The molecular weight excluding hydrogens is 252 g/mol. The largest absolute Gasteiger partial charge is 0.383 e. The average Bonchev–Trinajstić information content (AvgIpc) is 3.13. The molecular formula is C12H26N2O3S. The van der Waals surface area contributed by atoms with Crippen molar-refractivity contribution in [2.75, 3.05) is 33.9 Å². The van der Waals surface area contributed by atoms with Gasteiger partial charge in [-0.1, -0.05) is 0 Å². The number of methoxy groups -OCH3 is 1. The van der Waals surface area contributed by atoms with E-state index in [-0.39, 0.29) is 6.04 Å². The number of ether oxygens (including phenoxy) is 1. The van der Waals surface area contributed by atoms with Gasteiger partial charge in [0, 0.05) is 26.2 Å². The van der Waals surface area contributed by atoms with Gasteiger partial charge in [0.05, 0.1) is 11.9 Å². The molecule has 0 saturated heterocycles. The second-order valence-corrected chi connectivity index (χ2v) is 7.40. The molecule has 18 heavy (non-hydrogen) atoms. The van der Waals surface area contributed by atoms with Crippen molar-refractivity contribution in [2.24, 2.45) is 5.92 Å². The predicted molar refractivity (Wildman–Crippen MR) is 73.1 cm³/mol. The van der Waals surface area contributed by atoms with Crippen molar-refractivity contribution >= 4 is 10.0 Å². The monoisotopic (exact) mass is 278 g/mol. The molecule has 2 atom stereocenters. The molecule has 1 N–H and O–H groups in total. The van der Waals surface area contributed by atoms with Crippen LogP contribution in [0.5, 0.6) is 0 Å². The molecule has 0 aromatic heterocycles. The van der Waals surface area contributed by atoms with E-state index in [0.29, 0.717) is 25.6 Å². The summed E-state index contributed by atoms with van der Waals surface area (Å²) in [6.07, 6.45) is 2.28. The number of sulfonamides is 1. The van der Waals surface area contributed by atoms with Gasteiger partial charge in [-0.3, -0.25) is 0 Å². The lowest BCUT2D eigenvalue weighted by Crippen LogP contribution is -2.47. The molecule has 1 saturated carbocycles. The van der Waals surface area contributed by atoms with E-state index >= 15 is 0 Å². The van der Waals surface area contributed by atoms with Crippen molar-refractivity contribution in [3.8, 4) is 0 Å². The molecule has 0 aliphatic heterocycles. The van der Waals surface area contributed by atoms with Gasteiger partial charge in [0.25, 0.3) is 0 Å². The highest BCUT2D eigenvalue weighted by atomic mass is 32.2. The average molecular weight is 278 g/mol. The standard InChI is InChI=1S/C12H26N2O3S/c1-10(9-13-3)18(15,16)14(7-8-17-4)11(2)12-5-6-12/h10-13H,5-9H2,1-4H3. The first-order chi connectivity index (χ1) is 8.45. The normalized spacial score (nSPS) is 20.1. The Bertz CT molecular complexity index is 341. The van der Waals surface area contributed by atoms with Crippen LogP contribution in [0.4, 0.5) is 0 Å². The van der Waals surface area contributed by atoms with Gasteiger partial charge >= 0.3 is 0 Å². The van der Waals surface area contributed by atoms with Crippen molar-refractivity contribution in [1.29, 1.82) is 0 Å². The van der Waals surface area contributed by atoms with E-state index in [1.807, 2.05) is 6.92 Å². The van der Waals surface area contributed by atoms with Crippen LogP contribution < -0.4 is 5.32 Å². The Morgan fingerprint density at radius 3 is 2.44 bits per heavy atom. The topological polar surface area (TPSA) is 58.6 Å². The summed E-state index contributed by atoms with van der Waals surface area (Å²) in [5.74, 6) is 0.526. The summed E-state index contributed by atoms with van der Waals surface area (Å²) >= 11 is 0. The maximum absolute atomic E-state index is 12.5. The molecule has 0 bridgehead atoms. The smallest absolute Gasteiger partial charge is 0.218 e. The van der Waals surface area contributed by atoms with Crippen molar-refractivity contribution < 1.29 is 13.2 Å². The Morgan fingerprint density at radius 2 is 2.00 bits per heavy atom. The van der Waals surface area contributed by atoms with Crippen molar-refractivity contribution in [3.63, 3.8) is 0 Å². The third-order valence-electron chi connectivity index (χ3n) is 3.60. The number of nitrogens with one attached hydrogen (secondary N) is 1. The summed E-state index contributed by atoms with van der Waals surface area (Å²) in [6, 6.07) is 0.0875. The summed E-state index contributed by atoms with van der Waals surface area (Å²) in [5.41, 5.74) is 0. The second kappa shape index (κ2) is 6.84. The van der Waals surface area contributed by atoms with E-state index in [0.717, 1.165) is 12.8 Å². The van der Waals surface area contributed by atoms with Gasteiger partial charge in [-0.05, 0) is 39.7 Å². The minimum Gasteiger partial charge on any atom is -0.383 e. The van der Waals surface area contributed by atoms with E-state index in [4.69, 9.17) is 4.74 Å². The Morgan fingerprint density at radius 1 is 1.39 bits per heavy atom. The number of hydrogen-bond donors (Lipinski definition) is 1. The Hall–Kier alpha value is -0.170. The lowest BCUT2D eigenvalue weighted by atomic mass is 10.2. The fraction of sp³-hybridized carbons (Fsp3) is 1.00. The van der Waals surface area contributed by atoms with Crippen LogP contribution in [0.3, 0.4) is 0 Å². The van der Waals surface area contributed by atoms with Crippen molar-refractivity contribution in [2.45, 2.75) is 38.0 Å². The highest BCUT2D eigenvalue weighted by Gasteiger charge is 2.39. The second-order valence-electron chi connectivity index (χ2n) is 5.09. The molecule has 1 aliphatic carbocycles. The highest BCUT2D eigenvalue weighted by molar-refractivity contribution is 7.89. The minimum absolute atomic E-state index is 0.0875. The molecule has 2 unspecified atom stereocenters. The summed E-state index contributed by atoms with van der Waals surface area (Å²) < 4.78 is 31.7. The van der Waals surface area contributed by atoms with Gasteiger partial charge in [0.2, 0.25) is 10.0 Å². The zero-order valence-electron chi connectivity index (χ0n) is 11.8. The van der Waals surface area contributed by atoms with Crippen LogP contribution in [0.2, 0.25) is 0 Å². The van der Waals surface area contributed by atoms with Gasteiger partial charge in [0.15, 0.2) is 0 Å². The van der Waals surface area contributed by atoms with Crippen LogP contribution in [-0.4, -0.2) is 57.9 Å². The molecule has 1 fully saturated rings. The molecule has 1 aliphatic rings. The van der Waals surface area contributed by atoms with Gasteiger partial charge in [-0.2, -0.15) is 4.31 Å². The first-order valence-corrected chi connectivity index (χ1v) is 8.09. The number of hydrogen-bond acceptors (Lipinski definition) is 4. The zero-order chi connectivity index (χ0) is 13.8. The summed E-state index contributed by atoms with van der Waals surface area (Å²) in [4.78, 5) is 0. The number of nitrogens with zero attached hydrogens (tertiary/aromatic N) is 1. The van der Waals surface area contributed by atoms with Crippen LogP contribution in [0.25, 0.3) is 0 Å². The van der Waals surface area contributed by atoms with Gasteiger partial charge < -0.3 is 10.1 Å². The lowest BCUT2D eigenvalue weighted by molar-refractivity contribution is 0.164. The molecule has 0 aromatic rings. The van der Waals surface area contributed by atoms with E-state index in [2.05, 4.69) is 5.32 Å². The molecule has 6 heteroatoms. The van der Waals surface area contributed by atoms with Crippen LogP contribution in [-0.2, 0) is 14.8 Å². The SMILES string of the molecule is CNCC(C)S(=O)(=O)N(CCOC)C(C)C1CC1. The van der Waals surface area contributed by atoms with Crippen molar-refractivity contribution in [1.82, 2.24) is 9.62 Å². The molecule has 1 rings (SSSR count). The quantitative estimate of drug-likeness (QED) is 0.673. The van der Waals surface area contributed by atoms with E-state index in [9.17, 15) is 8.42 Å². The van der Waals surface area contributed by atoms with Crippen LogP contribution in [0, 0.1) is 5.92 Å². The molecule has 0 aromatic carbocycles. The molecule has 0 heterocycles. The van der Waals surface area contributed by atoms with Crippen molar-refractivity contribution in [3.05, 3.63) is 0 Å². The van der Waals surface area contributed by atoms with E-state index < -0.39 is 15.3 Å². The summed E-state index contributed by atoms with van der Waals surface area (Å²) in [5, 5.41) is 2.53. The third-order valence-corrected chi connectivity index (χ3v) is 5.95.